The van der Waals surface area contributed by atoms with Crippen LogP contribution in [0.3, 0.4) is 0 Å². The zero-order chi connectivity index (χ0) is 13.3. The molecule has 0 N–H and O–H groups in total. The maximum atomic E-state index is 12.1. The van der Waals surface area contributed by atoms with Gasteiger partial charge in [0.15, 0.2) is 0 Å². The fourth-order valence-electron chi connectivity index (χ4n) is 1.99. The number of amides is 1. The highest BCUT2D eigenvalue weighted by Crippen LogP contribution is 2.22. The topological polar surface area (TPSA) is 55.3 Å². The van der Waals surface area contributed by atoms with Gasteiger partial charge in [-0.05, 0) is 27.7 Å². The summed E-state index contributed by atoms with van der Waals surface area (Å²) in [6.45, 7) is 8.14. The number of ether oxygens (including phenoxy) is 1. The molecule has 0 aromatic carbocycles. The summed E-state index contributed by atoms with van der Waals surface area (Å²) in [6.07, 6.45) is 3.79. The molecule has 1 aromatic rings. The fraction of sp³-hybridized carbons (Fsp3) is 0.615. The third-order valence-electron chi connectivity index (χ3n) is 2.87. The minimum Gasteiger partial charge on any atom is -0.444 e. The Bertz CT molecular complexity index is 454. The average Bonchev–Trinajstić information content (AvgIpc) is 2.25. The van der Waals surface area contributed by atoms with Crippen LogP contribution in [-0.4, -0.2) is 32.6 Å². The van der Waals surface area contributed by atoms with Crippen molar-refractivity contribution in [1.82, 2.24) is 14.9 Å². The number of hydrogen-bond acceptors (Lipinski definition) is 4. The van der Waals surface area contributed by atoms with Crippen molar-refractivity contribution in [3.05, 3.63) is 23.8 Å². The molecule has 0 aliphatic carbocycles. The van der Waals surface area contributed by atoms with Crippen LogP contribution in [0.15, 0.2) is 12.5 Å². The summed E-state index contributed by atoms with van der Waals surface area (Å²) in [7, 11) is 0. The summed E-state index contributed by atoms with van der Waals surface area (Å²) in [4.78, 5) is 22.1. The van der Waals surface area contributed by atoms with Crippen LogP contribution in [0.25, 0.3) is 0 Å². The van der Waals surface area contributed by atoms with E-state index in [-0.39, 0.29) is 12.1 Å². The van der Waals surface area contributed by atoms with Crippen LogP contribution < -0.4 is 0 Å². The van der Waals surface area contributed by atoms with Gasteiger partial charge < -0.3 is 9.64 Å². The lowest BCUT2D eigenvalue weighted by Crippen LogP contribution is -2.45. The molecule has 1 amide bonds. The van der Waals surface area contributed by atoms with Gasteiger partial charge >= 0.3 is 6.09 Å². The first-order valence-electron chi connectivity index (χ1n) is 6.14. The quantitative estimate of drug-likeness (QED) is 0.707. The molecule has 0 radical (unpaired) electrons. The summed E-state index contributed by atoms with van der Waals surface area (Å²) in [5, 5.41) is 0. The zero-order valence-electron chi connectivity index (χ0n) is 11.3. The first-order chi connectivity index (χ1) is 8.37. The molecule has 0 saturated carbocycles. The predicted molar refractivity (Wildman–Crippen MR) is 67.0 cm³/mol. The molecular weight excluding hydrogens is 230 g/mol. The van der Waals surface area contributed by atoms with Gasteiger partial charge in [0.2, 0.25) is 0 Å². The Morgan fingerprint density at radius 1 is 1.50 bits per heavy atom. The van der Waals surface area contributed by atoms with Crippen LogP contribution in [0, 0.1) is 0 Å². The van der Waals surface area contributed by atoms with Crippen LogP contribution in [0.2, 0.25) is 0 Å². The van der Waals surface area contributed by atoms with Crippen LogP contribution in [-0.2, 0) is 17.7 Å². The molecule has 2 rings (SSSR count). The molecule has 2 heterocycles. The molecular formula is C13H19N3O2. The Hall–Kier alpha value is -1.65. The smallest absolute Gasteiger partial charge is 0.410 e. The Balaban J connectivity index is 2.14. The van der Waals surface area contributed by atoms with Crippen molar-refractivity contribution in [3.8, 4) is 0 Å². The summed E-state index contributed by atoms with van der Waals surface area (Å²) in [5.41, 5.74) is 1.56. The second-order valence-electron chi connectivity index (χ2n) is 5.66. The second kappa shape index (κ2) is 4.55. The highest BCUT2D eigenvalue weighted by molar-refractivity contribution is 5.69. The van der Waals surface area contributed by atoms with Gasteiger partial charge in [-0.15, -0.1) is 0 Å². The Kier molecular flexibility index (Phi) is 3.24. The van der Waals surface area contributed by atoms with Crippen molar-refractivity contribution in [1.29, 1.82) is 0 Å². The normalized spacial score (nSPS) is 19.3. The number of fused-ring (bicyclic) bond motifs is 1. The first kappa shape index (κ1) is 12.8. The SMILES string of the molecule is C[C@@H]1Cc2ncncc2CN1C(=O)OC(C)(C)C. The lowest BCUT2D eigenvalue weighted by molar-refractivity contribution is 0.0136. The van der Waals surface area contributed by atoms with E-state index in [1.54, 1.807) is 17.4 Å². The minimum absolute atomic E-state index is 0.0993. The summed E-state index contributed by atoms with van der Waals surface area (Å²) >= 11 is 0. The van der Waals surface area contributed by atoms with E-state index in [9.17, 15) is 4.79 Å². The van der Waals surface area contributed by atoms with Crippen molar-refractivity contribution in [3.63, 3.8) is 0 Å². The number of nitrogens with zero attached hydrogens (tertiary/aromatic N) is 3. The van der Waals surface area contributed by atoms with Gasteiger partial charge in [-0.2, -0.15) is 0 Å². The number of aromatic nitrogens is 2. The lowest BCUT2D eigenvalue weighted by atomic mass is 10.0. The van der Waals surface area contributed by atoms with Gasteiger partial charge in [0, 0.05) is 24.2 Å². The monoisotopic (exact) mass is 249 g/mol. The van der Waals surface area contributed by atoms with Crippen LogP contribution in [0.4, 0.5) is 4.79 Å². The first-order valence-corrected chi connectivity index (χ1v) is 6.14. The molecule has 0 unspecified atom stereocenters. The second-order valence-corrected chi connectivity index (χ2v) is 5.66. The third-order valence-corrected chi connectivity index (χ3v) is 2.87. The van der Waals surface area contributed by atoms with Gasteiger partial charge in [0.1, 0.15) is 11.9 Å². The summed E-state index contributed by atoms with van der Waals surface area (Å²) in [6, 6.07) is 0.0993. The highest BCUT2D eigenvalue weighted by atomic mass is 16.6. The van der Waals surface area contributed by atoms with E-state index in [0.717, 1.165) is 17.7 Å². The molecule has 0 fully saturated rings. The molecule has 18 heavy (non-hydrogen) atoms. The van der Waals surface area contributed by atoms with E-state index in [1.165, 1.54) is 0 Å². The van der Waals surface area contributed by atoms with Gasteiger partial charge in [-0.1, -0.05) is 0 Å². The van der Waals surface area contributed by atoms with Gasteiger partial charge in [0.25, 0.3) is 0 Å². The largest absolute Gasteiger partial charge is 0.444 e. The Labute approximate surface area is 107 Å². The molecule has 1 aliphatic rings. The molecule has 5 heteroatoms. The number of rotatable bonds is 0. The van der Waals surface area contributed by atoms with E-state index in [2.05, 4.69) is 9.97 Å². The maximum Gasteiger partial charge on any atom is 0.410 e. The molecule has 0 saturated heterocycles. The Morgan fingerprint density at radius 2 is 2.22 bits per heavy atom. The number of carbonyl (C=O) groups is 1. The van der Waals surface area contributed by atoms with Crippen molar-refractivity contribution in [2.24, 2.45) is 0 Å². The molecule has 1 atom stereocenters. The van der Waals surface area contributed by atoms with Gasteiger partial charge in [-0.3, -0.25) is 0 Å². The third kappa shape index (κ3) is 2.78. The van der Waals surface area contributed by atoms with E-state index in [4.69, 9.17) is 4.74 Å². The van der Waals surface area contributed by atoms with Crippen molar-refractivity contribution >= 4 is 6.09 Å². The predicted octanol–water partition coefficient (Wildman–Crippen LogP) is 2.16. The number of hydrogen-bond donors (Lipinski definition) is 0. The van der Waals surface area contributed by atoms with E-state index >= 15 is 0 Å². The maximum absolute atomic E-state index is 12.1. The van der Waals surface area contributed by atoms with Crippen LogP contribution >= 0.6 is 0 Å². The molecule has 5 nitrogen and oxygen atoms in total. The van der Waals surface area contributed by atoms with E-state index in [1.807, 2.05) is 27.7 Å². The van der Waals surface area contributed by atoms with Gasteiger partial charge in [0.05, 0.1) is 12.2 Å². The summed E-state index contributed by atoms with van der Waals surface area (Å²) in [5.74, 6) is 0. The van der Waals surface area contributed by atoms with Crippen LogP contribution in [0.5, 0.6) is 0 Å². The summed E-state index contributed by atoms with van der Waals surface area (Å²) < 4.78 is 5.41. The standard InChI is InChI=1S/C13H19N3O2/c1-9-5-11-10(6-14-8-15-11)7-16(9)12(17)18-13(2,3)4/h6,8-9H,5,7H2,1-4H3/t9-/m1/s1. The highest BCUT2D eigenvalue weighted by Gasteiger charge is 2.30. The lowest BCUT2D eigenvalue weighted by Gasteiger charge is -2.35. The molecule has 1 aliphatic heterocycles. The van der Waals surface area contributed by atoms with E-state index < -0.39 is 5.60 Å². The number of carbonyl (C=O) groups excluding carboxylic acids is 1. The molecule has 0 bridgehead atoms. The molecule has 98 valence electrons. The van der Waals surface area contributed by atoms with Crippen molar-refractivity contribution in [2.45, 2.75) is 52.3 Å². The van der Waals surface area contributed by atoms with Crippen molar-refractivity contribution in [2.75, 3.05) is 0 Å². The fourth-order valence-corrected chi connectivity index (χ4v) is 1.99. The Morgan fingerprint density at radius 3 is 2.89 bits per heavy atom. The van der Waals surface area contributed by atoms with Gasteiger partial charge in [-0.25, -0.2) is 14.8 Å². The molecule has 0 spiro atoms. The minimum atomic E-state index is -0.468. The zero-order valence-corrected chi connectivity index (χ0v) is 11.3. The average molecular weight is 249 g/mol. The van der Waals surface area contributed by atoms with E-state index in [0.29, 0.717) is 6.54 Å². The van der Waals surface area contributed by atoms with Crippen LogP contribution in [0.1, 0.15) is 39.0 Å². The van der Waals surface area contributed by atoms with Crippen molar-refractivity contribution < 1.29 is 9.53 Å². The molecule has 1 aromatic heterocycles.